The molecular formula is C11H13NO4. The van der Waals surface area contributed by atoms with E-state index in [4.69, 9.17) is 20.3 Å². The summed E-state index contributed by atoms with van der Waals surface area (Å²) in [7, 11) is 0. The summed E-state index contributed by atoms with van der Waals surface area (Å²) in [6, 6.07) is 6.99. The van der Waals surface area contributed by atoms with Crippen LogP contribution in [-0.2, 0) is 14.3 Å². The number of hydrogen-bond donors (Lipinski definition) is 2. The van der Waals surface area contributed by atoms with Gasteiger partial charge in [-0.15, -0.1) is 0 Å². The minimum Gasteiger partial charge on any atom is -0.479 e. The maximum absolute atomic E-state index is 11.0. The van der Waals surface area contributed by atoms with Crippen LogP contribution in [0.2, 0.25) is 0 Å². The topological polar surface area (TPSA) is 81.8 Å². The molecule has 1 saturated heterocycles. The number of nitrogens with two attached hydrogens (primary N) is 1. The highest BCUT2D eigenvalue weighted by Gasteiger charge is 2.34. The number of rotatable bonds is 2. The van der Waals surface area contributed by atoms with Crippen molar-refractivity contribution in [1.82, 2.24) is 0 Å². The Morgan fingerprint density at radius 1 is 1.38 bits per heavy atom. The lowest BCUT2D eigenvalue weighted by Gasteiger charge is -2.29. The Bertz CT molecular complexity index is 393. The predicted molar refractivity (Wildman–Crippen MR) is 56.9 cm³/mol. The van der Waals surface area contributed by atoms with Gasteiger partial charge < -0.3 is 20.3 Å². The summed E-state index contributed by atoms with van der Waals surface area (Å²) in [5.41, 5.74) is 6.95. The molecule has 1 aliphatic heterocycles. The highest BCUT2D eigenvalue weighted by Crippen LogP contribution is 2.27. The van der Waals surface area contributed by atoms with Gasteiger partial charge in [0.25, 0.3) is 0 Å². The summed E-state index contributed by atoms with van der Waals surface area (Å²) in [5, 5.41) is 9.00. The van der Waals surface area contributed by atoms with Gasteiger partial charge in [-0.3, -0.25) is 0 Å². The van der Waals surface area contributed by atoms with Crippen molar-refractivity contribution in [2.24, 2.45) is 0 Å². The van der Waals surface area contributed by atoms with Gasteiger partial charge >= 0.3 is 5.97 Å². The Morgan fingerprint density at radius 3 is 2.81 bits per heavy atom. The maximum Gasteiger partial charge on any atom is 0.335 e. The van der Waals surface area contributed by atoms with Crippen LogP contribution in [0, 0.1) is 0 Å². The normalized spacial score (nSPS) is 25.2. The van der Waals surface area contributed by atoms with Gasteiger partial charge in [0.05, 0.1) is 13.2 Å². The highest BCUT2D eigenvalue weighted by molar-refractivity contribution is 5.73. The van der Waals surface area contributed by atoms with Crippen LogP contribution in [0.1, 0.15) is 11.7 Å². The molecule has 0 amide bonds. The Morgan fingerprint density at radius 2 is 2.12 bits per heavy atom. The zero-order valence-electron chi connectivity index (χ0n) is 8.63. The third kappa shape index (κ3) is 2.15. The van der Waals surface area contributed by atoms with Crippen LogP contribution < -0.4 is 5.73 Å². The molecule has 3 N–H and O–H groups in total. The van der Waals surface area contributed by atoms with Crippen LogP contribution >= 0.6 is 0 Å². The third-order valence-corrected chi connectivity index (χ3v) is 2.44. The maximum atomic E-state index is 11.0. The first-order chi connectivity index (χ1) is 7.68. The van der Waals surface area contributed by atoms with Crippen LogP contribution in [-0.4, -0.2) is 30.4 Å². The Hall–Kier alpha value is -1.59. The summed E-state index contributed by atoms with van der Waals surface area (Å²) < 4.78 is 10.6. The Balaban J connectivity index is 2.26. The number of ether oxygens (including phenoxy) is 2. The molecule has 2 rings (SSSR count). The lowest BCUT2D eigenvalue weighted by molar-refractivity contribution is -0.181. The second-order valence-corrected chi connectivity index (χ2v) is 3.59. The molecule has 0 aromatic heterocycles. The minimum absolute atomic E-state index is 0.301. The number of hydrogen-bond acceptors (Lipinski definition) is 4. The van der Waals surface area contributed by atoms with Crippen LogP contribution in [0.25, 0.3) is 0 Å². The van der Waals surface area contributed by atoms with Crippen molar-refractivity contribution >= 4 is 11.7 Å². The van der Waals surface area contributed by atoms with Crippen LogP contribution in [0.5, 0.6) is 0 Å². The summed E-state index contributed by atoms with van der Waals surface area (Å²) in [6.45, 7) is 0.693. The number of carboxylic acids is 1. The van der Waals surface area contributed by atoms with Gasteiger partial charge in [0.15, 0.2) is 6.10 Å². The molecule has 5 heteroatoms. The smallest absolute Gasteiger partial charge is 0.335 e. The summed E-state index contributed by atoms with van der Waals surface area (Å²) in [6.07, 6.45) is -1.55. The number of carbonyl (C=O) groups is 1. The number of anilines is 1. The fourth-order valence-corrected chi connectivity index (χ4v) is 1.73. The lowest BCUT2D eigenvalue weighted by Crippen LogP contribution is -2.38. The Kier molecular flexibility index (Phi) is 3.07. The van der Waals surface area contributed by atoms with Gasteiger partial charge in [-0.25, -0.2) is 4.79 Å². The van der Waals surface area contributed by atoms with E-state index < -0.39 is 18.2 Å². The van der Waals surface area contributed by atoms with Crippen molar-refractivity contribution in [1.29, 1.82) is 0 Å². The van der Waals surface area contributed by atoms with Gasteiger partial charge in [-0.05, 0) is 17.7 Å². The minimum atomic E-state index is -1.02. The molecule has 0 saturated carbocycles. The van der Waals surface area contributed by atoms with Crippen LogP contribution in [0.3, 0.4) is 0 Å². The van der Waals surface area contributed by atoms with E-state index in [2.05, 4.69) is 0 Å². The second-order valence-electron chi connectivity index (χ2n) is 3.59. The second kappa shape index (κ2) is 4.51. The molecule has 0 aliphatic carbocycles. The van der Waals surface area contributed by atoms with E-state index in [1.54, 1.807) is 24.3 Å². The van der Waals surface area contributed by atoms with Crippen molar-refractivity contribution in [2.75, 3.05) is 18.9 Å². The quantitative estimate of drug-likeness (QED) is 0.725. The zero-order chi connectivity index (χ0) is 11.5. The highest BCUT2D eigenvalue weighted by atomic mass is 16.6. The fraction of sp³-hybridized carbons (Fsp3) is 0.364. The monoisotopic (exact) mass is 223 g/mol. The van der Waals surface area contributed by atoms with E-state index >= 15 is 0 Å². The van der Waals surface area contributed by atoms with Gasteiger partial charge in [-0.2, -0.15) is 0 Å². The van der Waals surface area contributed by atoms with E-state index in [-0.39, 0.29) is 0 Å². The molecule has 0 bridgehead atoms. The lowest BCUT2D eigenvalue weighted by atomic mass is 10.0. The van der Waals surface area contributed by atoms with Crippen molar-refractivity contribution in [3.8, 4) is 0 Å². The fourth-order valence-electron chi connectivity index (χ4n) is 1.73. The van der Waals surface area contributed by atoms with Crippen molar-refractivity contribution < 1.29 is 19.4 Å². The Labute approximate surface area is 92.8 Å². The average molecular weight is 223 g/mol. The van der Waals surface area contributed by atoms with E-state index in [0.29, 0.717) is 18.9 Å². The van der Waals surface area contributed by atoms with Crippen molar-refractivity contribution in [3.05, 3.63) is 29.8 Å². The molecule has 2 unspecified atom stereocenters. The molecule has 16 heavy (non-hydrogen) atoms. The molecule has 1 aromatic carbocycles. The molecule has 1 heterocycles. The van der Waals surface area contributed by atoms with Crippen LogP contribution in [0.4, 0.5) is 5.69 Å². The molecular weight excluding hydrogens is 210 g/mol. The molecule has 0 radical (unpaired) electrons. The molecule has 2 atom stereocenters. The standard InChI is InChI=1S/C11H13NO4/c12-8-3-1-2-7(6-8)9-10(11(13)14)16-5-4-15-9/h1-3,6,9-10H,4-5,12H2,(H,13,14). The largest absolute Gasteiger partial charge is 0.479 e. The summed E-state index contributed by atoms with van der Waals surface area (Å²) in [4.78, 5) is 11.0. The first-order valence-electron chi connectivity index (χ1n) is 5.00. The van der Waals surface area contributed by atoms with E-state index in [1.807, 2.05) is 0 Å². The van der Waals surface area contributed by atoms with E-state index in [1.165, 1.54) is 0 Å². The first-order valence-corrected chi connectivity index (χ1v) is 5.00. The summed E-state index contributed by atoms with van der Waals surface area (Å²) in [5.74, 6) is -1.02. The van der Waals surface area contributed by atoms with Crippen molar-refractivity contribution in [2.45, 2.75) is 12.2 Å². The number of aliphatic carboxylic acids is 1. The van der Waals surface area contributed by atoms with Gasteiger partial charge in [0.1, 0.15) is 6.10 Å². The molecule has 0 spiro atoms. The van der Waals surface area contributed by atoms with E-state index in [9.17, 15) is 4.79 Å². The predicted octanol–water partition coefficient (Wildman–Crippen LogP) is 0.810. The molecule has 1 aromatic rings. The molecule has 86 valence electrons. The van der Waals surface area contributed by atoms with Crippen LogP contribution in [0.15, 0.2) is 24.3 Å². The molecule has 5 nitrogen and oxygen atoms in total. The van der Waals surface area contributed by atoms with Gasteiger partial charge in [0.2, 0.25) is 0 Å². The number of carboxylic acid groups (broad SMARTS) is 1. The average Bonchev–Trinajstić information content (AvgIpc) is 2.29. The first kappa shape index (κ1) is 10.9. The van der Waals surface area contributed by atoms with Gasteiger partial charge in [-0.1, -0.05) is 12.1 Å². The zero-order valence-corrected chi connectivity index (χ0v) is 8.63. The number of benzene rings is 1. The molecule has 1 aliphatic rings. The molecule has 1 fully saturated rings. The summed E-state index contributed by atoms with van der Waals surface area (Å²) >= 11 is 0. The van der Waals surface area contributed by atoms with E-state index in [0.717, 1.165) is 5.56 Å². The number of nitrogen functional groups attached to an aromatic ring is 1. The van der Waals surface area contributed by atoms with Gasteiger partial charge in [0, 0.05) is 5.69 Å². The SMILES string of the molecule is Nc1cccc(C2OCCOC2C(=O)O)c1. The van der Waals surface area contributed by atoms with Crippen molar-refractivity contribution in [3.63, 3.8) is 0 Å². The third-order valence-electron chi connectivity index (χ3n) is 2.44.